The van der Waals surface area contributed by atoms with Gasteiger partial charge in [-0.25, -0.2) is 0 Å². The molecule has 1 saturated heterocycles. The number of hydrazone groups is 1. The molecule has 5 heteroatoms. The van der Waals surface area contributed by atoms with E-state index in [1.807, 2.05) is 0 Å². The van der Waals surface area contributed by atoms with Gasteiger partial charge in [-0.05, 0) is 51.0 Å². The lowest BCUT2D eigenvalue weighted by Gasteiger charge is -2.26. The Morgan fingerprint density at radius 3 is 2.26 bits per heavy atom. The fourth-order valence-electron chi connectivity index (χ4n) is 5.95. The van der Waals surface area contributed by atoms with Crippen molar-refractivity contribution in [2.24, 2.45) is 28.8 Å². The van der Waals surface area contributed by atoms with Crippen LogP contribution in [-0.2, 0) is 9.59 Å². The Labute approximate surface area is 160 Å². The number of amides is 2. The summed E-state index contributed by atoms with van der Waals surface area (Å²) in [6.45, 7) is 4.26. The number of fused-ring (bicyclic) bond motifs is 5. The third-order valence-electron chi connectivity index (χ3n) is 7.22. The predicted octanol–water partition coefficient (Wildman–Crippen LogP) is 3.75. The highest BCUT2D eigenvalue weighted by Crippen LogP contribution is 2.52. The lowest BCUT2D eigenvalue weighted by atomic mass is 9.85. The van der Waals surface area contributed by atoms with Crippen molar-refractivity contribution in [3.05, 3.63) is 35.2 Å². The number of carbonyl (C=O) groups is 2. The number of hydrogen-bond donors (Lipinski definition) is 0. The molecule has 2 bridgehead atoms. The first-order chi connectivity index (χ1) is 13.1. The molecule has 1 aliphatic heterocycles. The topological polar surface area (TPSA) is 54.7 Å². The van der Waals surface area contributed by atoms with Crippen LogP contribution in [-0.4, -0.2) is 27.6 Å². The van der Waals surface area contributed by atoms with Gasteiger partial charge in [0.05, 0.1) is 18.1 Å². The van der Waals surface area contributed by atoms with Crippen LogP contribution in [0.1, 0.15) is 61.5 Å². The summed E-state index contributed by atoms with van der Waals surface area (Å²) in [5.41, 5.74) is 3.43. The standard InChI is InChI=1S/C22H27N3O2/c1-13-10-17(14(2)24(13)18-6-4-3-5-7-18)12-23-25-21(26)19-15-8-9-16(11-15)20(19)22(25)27/h8-10,12,15-16,18-20H,3-7,11H2,1-2H3/t15-,16-,19-,20+/m0/s1. The molecular weight excluding hydrogens is 338 g/mol. The van der Waals surface area contributed by atoms with E-state index in [0.29, 0.717) is 6.04 Å². The second-order valence-electron chi connectivity index (χ2n) is 8.72. The maximum atomic E-state index is 12.8. The van der Waals surface area contributed by atoms with Crippen LogP contribution in [0.2, 0.25) is 0 Å². The summed E-state index contributed by atoms with van der Waals surface area (Å²) >= 11 is 0. The van der Waals surface area contributed by atoms with Gasteiger partial charge in [0.25, 0.3) is 11.8 Å². The SMILES string of the molecule is Cc1cc(C=NN2C(=O)[C@@H]3[C@H](C2=O)[C@H]2C=C[C@H]3C2)c(C)n1C1CCCCC1. The lowest BCUT2D eigenvalue weighted by Crippen LogP contribution is -2.28. The molecule has 1 aromatic rings. The van der Waals surface area contributed by atoms with Gasteiger partial charge in [0, 0.05) is 23.0 Å². The first-order valence-corrected chi connectivity index (χ1v) is 10.3. The van der Waals surface area contributed by atoms with Crippen LogP contribution in [0.25, 0.3) is 0 Å². The van der Waals surface area contributed by atoms with E-state index >= 15 is 0 Å². The minimum Gasteiger partial charge on any atom is -0.345 e. The maximum Gasteiger partial charge on any atom is 0.254 e. The molecule has 3 fully saturated rings. The molecule has 0 N–H and O–H groups in total. The van der Waals surface area contributed by atoms with Gasteiger partial charge < -0.3 is 4.57 Å². The van der Waals surface area contributed by atoms with Crippen LogP contribution >= 0.6 is 0 Å². The summed E-state index contributed by atoms with van der Waals surface area (Å²) in [6.07, 6.45) is 13.3. The average Bonchev–Trinajstić information content (AvgIpc) is 3.40. The Bertz CT molecular complexity index is 829. The number of aromatic nitrogens is 1. The Morgan fingerprint density at radius 1 is 1.00 bits per heavy atom. The maximum absolute atomic E-state index is 12.8. The minimum absolute atomic E-state index is 0.112. The van der Waals surface area contributed by atoms with E-state index in [1.54, 1.807) is 6.21 Å². The molecule has 3 aliphatic carbocycles. The molecule has 0 unspecified atom stereocenters. The second-order valence-corrected chi connectivity index (χ2v) is 8.72. The van der Waals surface area contributed by atoms with Crippen molar-refractivity contribution in [1.29, 1.82) is 0 Å². The van der Waals surface area contributed by atoms with Gasteiger partial charge in [-0.2, -0.15) is 10.1 Å². The molecule has 0 spiro atoms. The Balaban J connectivity index is 1.39. The molecule has 2 heterocycles. The number of aryl methyl sites for hydroxylation is 1. The Hall–Kier alpha value is -2.17. The van der Waals surface area contributed by atoms with Gasteiger partial charge in [0.15, 0.2) is 0 Å². The fourth-order valence-corrected chi connectivity index (χ4v) is 5.95. The number of rotatable bonds is 3. The Kier molecular flexibility index (Phi) is 3.88. The molecule has 5 rings (SSSR count). The Morgan fingerprint density at radius 2 is 1.63 bits per heavy atom. The van der Waals surface area contributed by atoms with Gasteiger partial charge in [-0.1, -0.05) is 31.4 Å². The summed E-state index contributed by atoms with van der Waals surface area (Å²) < 4.78 is 2.42. The highest BCUT2D eigenvalue weighted by molar-refractivity contribution is 6.06. The van der Waals surface area contributed by atoms with E-state index in [2.05, 4.69) is 41.7 Å². The number of nitrogens with zero attached hydrogens (tertiary/aromatic N) is 3. The largest absolute Gasteiger partial charge is 0.345 e. The molecule has 2 amide bonds. The van der Waals surface area contributed by atoms with E-state index in [1.165, 1.54) is 43.5 Å². The van der Waals surface area contributed by atoms with Gasteiger partial charge in [-0.3, -0.25) is 9.59 Å². The molecule has 4 aliphatic rings. The molecular formula is C22H27N3O2. The number of allylic oxidation sites excluding steroid dienone is 2. The number of imide groups is 1. The average molecular weight is 365 g/mol. The van der Waals surface area contributed by atoms with Gasteiger partial charge >= 0.3 is 0 Å². The number of hydrogen-bond acceptors (Lipinski definition) is 3. The summed E-state index contributed by atoms with van der Waals surface area (Å²) in [5, 5.41) is 5.51. The zero-order valence-electron chi connectivity index (χ0n) is 16.1. The normalized spacial score (nSPS) is 33.0. The third kappa shape index (κ3) is 2.47. The smallest absolute Gasteiger partial charge is 0.254 e. The first-order valence-electron chi connectivity index (χ1n) is 10.3. The quantitative estimate of drug-likeness (QED) is 0.465. The van der Waals surface area contributed by atoms with E-state index in [-0.39, 0.29) is 35.5 Å². The van der Waals surface area contributed by atoms with Crippen molar-refractivity contribution < 1.29 is 9.59 Å². The van der Waals surface area contributed by atoms with Crippen LogP contribution in [0.3, 0.4) is 0 Å². The molecule has 142 valence electrons. The van der Waals surface area contributed by atoms with Crippen molar-refractivity contribution >= 4 is 18.0 Å². The predicted molar refractivity (Wildman–Crippen MR) is 103 cm³/mol. The molecule has 27 heavy (non-hydrogen) atoms. The van der Waals surface area contributed by atoms with Gasteiger partial charge in [0.2, 0.25) is 0 Å². The highest BCUT2D eigenvalue weighted by Gasteiger charge is 2.59. The first kappa shape index (κ1) is 17.0. The lowest BCUT2D eigenvalue weighted by molar-refractivity contribution is -0.140. The van der Waals surface area contributed by atoms with E-state index in [9.17, 15) is 9.59 Å². The summed E-state index contributed by atoms with van der Waals surface area (Å²) in [4.78, 5) is 25.5. The van der Waals surface area contributed by atoms with E-state index in [4.69, 9.17) is 0 Å². The zero-order valence-corrected chi connectivity index (χ0v) is 16.1. The van der Waals surface area contributed by atoms with Crippen LogP contribution in [0.5, 0.6) is 0 Å². The second kappa shape index (κ2) is 6.18. The van der Waals surface area contributed by atoms with Crippen LogP contribution in [0.15, 0.2) is 23.3 Å². The third-order valence-corrected chi connectivity index (χ3v) is 7.22. The van der Waals surface area contributed by atoms with Crippen LogP contribution in [0, 0.1) is 37.5 Å². The van der Waals surface area contributed by atoms with Crippen molar-refractivity contribution in [3.8, 4) is 0 Å². The molecule has 0 aromatic carbocycles. The zero-order chi connectivity index (χ0) is 18.7. The van der Waals surface area contributed by atoms with Crippen molar-refractivity contribution in [3.63, 3.8) is 0 Å². The van der Waals surface area contributed by atoms with Gasteiger partial charge in [0.1, 0.15) is 0 Å². The molecule has 5 nitrogen and oxygen atoms in total. The highest BCUT2D eigenvalue weighted by atomic mass is 16.2. The molecule has 1 aromatic heterocycles. The van der Waals surface area contributed by atoms with Crippen molar-refractivity contribution in [1.82, 2.24) is 9.58 Å². The summed E-state index contributed by atoms with van der Waals surface area (Å²) in [5.74, 6) is -0.127. The van der Waals surface area contributed by atoms with Crippen molar-refractivity contribution in [2.45, 2.75) is 58.4 Å². The number of carbonyl (C=O) groups excluding carboxylic acids is 2. The minimum atomic E-state index is -0.181. The molecule has 2 saturated carbocycles. The van der Waals surface area contributed by atoms with Crippen LogP contribution in [0.4, 0.5) is 0 Å². The summed E-state index contributed by atoms with van der Waals surface area (Å²) in [6, 6.07) is 2.70. The van der Waals surface area contributed by atoms with Crippen LogP contribution < -0.4 is 0 Å². The van der Waals surface area contributed by atoms with E-state index < -0.39 is 0 Å². The monoisotopic (exact) mass is 365 g/mol. The van der Waals surface area contributed by atoms with Crippen molar-refractivity contribution in [2.75, 3.05) is 0 Å². The summed E-state index contributed by atoms with van der Waals surface area (Å²) in [7, 11) is 0. The van der Waals surface area contributed by atoms with Gasteiger partial charge in [-0.15, -0.1) is 0 Å². The molecule has 4 atom stereocenters. The molecule has 0 radical (unpaired) electrons. The fraction of sp³-hybridized carbons (Fsp3) is 0.591. The van der Waals surface area contributed by atoms with E-state index in [0.717, 1.165) is 17.0 Å².